The maximum atomic E-state index is 12.1. The van der Waals surface area contributed by atoms with Gasteiger partial charge in [-0.05, 0) is 31.5 Å². The molecular weight excluding hydrogens is 312 g/mol. The van der Waals surface area contributed by atoms with Gasteiger partial charge in [-0.2, -0.15) is 0 Å². The SMILES string of the molecule is COC(=O)c1c(C)[nH]c(C(=O)OCC(=O)Nc2ccccc2)c1C. The quantitative estimate of drug-likeness (QED) is 0.819. The Balaban J connectivity index is 2.00. The molecule has 0 aliphatic heterocycles. The van der Waals surface area contributed by atoms with Crippen molar-refractivity contribution >= 4 is 23.5 Å². The van der Waals surface area contributed by atoms with Crippen LogP contribution in [0.4, 0.5) is 5.69 Å². The highest BCUT2D eigenvalue weighted by Crippen LogP contribution is 2.19. The van der Waals surface area contributed by atoms with Gasteiger partial charge in [0.15, 0.2) is 6.61 Å². The molecule has 1 aromatic carbocycles. The Morgan fingerprint density at radius 2 is 1.75 bits per heavy atom. The molecule has 0 aliphatic carbocycles. The van der Waals surface area contributed by atoms with Gasteiger partial charge in [0.2, 0.25) is 0 Å². The molecule has 1 aromatic heterocycles. The second-order valence-electron chi connectivity index (χ2n) is 5.11. The molecule has 0 saturated carbocycles. The van der Waals surface area contributed by atoms with E-state index in [2.05, 4.69) is 15.0 Å². The van der Waals surface area contributed by atoms with E-state index in [0.717, 1.165) is 0 Å². The monoisotopic (exact) mass is 330 g/mol. The lowest BCUT2D eigenvalue weighted by Crippen LogP contribution is -2.21. The van der Waals surface area contributed by atoms with E-state index < -0.39 is 24.5 Å². The first-order chi connectivity index (χ1) is 11.4. The predicted molar refractivity (Wildman–Crippen MR) is 87.0 cm³/mol. The van der Waals surface area contributed by atoms with Crippen LogP contribution in [0.5, 0.6) is 0 Å². The summed E-state index contributed by atoms with van der Waals surface area (Å²) in [5.41, 5.74) is 1.95. The summed E-state index contributed by atoms with van der Waals surface area (Å²) < 4.78 is 9.67. The molecule has 0 aliphatic rings. The van der Waals surface area contributed by atoms with Crippen LogP contribution in [0.15, 0.2) is 30.3 Å². The number of esters is 2. The molecule has 24 heavy (non-hydrogen) atoms. The van der Waals surface area contributed by atoms with E-state index in [1.165, 1.54) is 7.11 Å². The van der Waals surface area contributed by atoms with Crippen LogP contribution >= 0.6 is 0 Å². The summed E-state index contributed by atoms with van der Waals surface area (Å²) in [6.45, 7) is 2.83. The van der Waals surface area contributed by atoms with Gasteiger partial charge in [0.1, 0.15) is 5.69 Å². The van der Waals surface area contributed by atoms with E-state index in [1.54, 1.807) is 38.1 Å². The number of anilines is 1. The number of carbonyl (C=O) groups is 3. The molecule has 0 unspecified atom stereocenters. The van der Waals surface area contributed by atoms with Gasteiger partial charge in [-0.25, -0.2) is 9.59 Å². The number of aryl methyl sites for hydroxylation is 1. The fourth-order valence-corrected chi connectivity index (χ4v) is 2.28. The van der Waals surface area contributed by atoms with Gasteiger partial charge < -0.3 is 19.8 Å². The van der Waals surface area contributed by atoms with E-state index in [1.807, 2.05) is 6.07 Å². The lowest BCUT2D eigenvalue weighted by atomic mass is 10.1. The smallest absolute Gasteiger partial charge is 0.355 e. The molecule has 0 fully saturated rings. The van der Waals surface area contributed by atoms with Crippen LogP contribution in [0.2, 0.25) is 0 Å². The van der Waals surface area contributed by atoms with Crippen LogP contribution in [-0.2, 0) is 14.3 Å². The molecule has 0 spiro atoms. The summed E-state index contributed by atoms with van der Waals surface area (Å²) in [5.74, 6) is -1.71. The summed E-state index contributed by atoms with van der Waals surface area (Å²) in [4.78, 5) is 38.4. The predicted octanol–water partition coefficient (Wildman–Crippen LogP) is 2.21. The van der Waals surface area contributed by atoms with Crippen molar-refractivity contribution in [2.45, 2.75) is 13.8 Å². The average Bonchev–Trinajstić information content (AvgIpc) is 2.87. The van der Waals surface area contributed by atoms with Gasteiger partial charge in [0.25, 0.3) is 5.91 Å². The summed E-state index contributed by atoms with van der Waals surface area (Å²) in [5, 5.41) is 2.61. The molecule has 2 rings (SSSR count). The minimum Gasteiger partial charge on any atom is -0.465 e. The van der Waals surface area contributed by atoms with Crippen LogP contribution in [0.1, 0.15) is 32.1 Å². The second kappa shape index (κ2) is 7.45. The zero-order valence-electron chi connectivity index (χ0n) is 13.6. The number of aromatic nitrogens is 1. The topological polar surface area (TPSA) is 97.5 Å². The third kappa shape index (κ3) is 3.81. The maximum absolute atomic E-state index is 12.1. The number of H-pyrrole nitrogens is 1. The summed E-state index contributed by atoms with van der Waals surface area (Å²) in [6, 6.07) is 8.83. The minimum absolute atomic E-state index is 0.125. The number of carbonyl (C=O) groups excluding carboxylic acids is 3. The number of benzene rings is 1. The van der Waals surface area contributed by atoms with E-state index in [-0.39, 0.29) is 11.3 Å². The number of nitrogens with one attached hydrogen (secondary N) is 2. The number of methoxy groups -OCH3 is 1. The Morgan fingerprint density at radius 3 is 2.38 bits per heavy atom. The highest BCUT2D eigenvalue weighted by molar-refractivity contribution is 5.99. The molecule has 7 heteroatoms. The Labute approximate surface area is 139 Å². The number of ether oxygens (including phenoxy) is 2. The van der Waals surface area contributed by atoms with Crippen molar-refractivity contribution in [2.75, 3.05) is 19.0 Å². The van der Waals surface area contributed by atoms with Gasteiger partial charge in [0.05, 0.1) is 12.7 Å². The molecular formula is C17H18N2O5. The van der Waals surface area contributed by atoms with Gasteiger partial charge in [0, 0.05) is 11.4 Å². The maximum Gasteiger partial charge on any atom is 0.355 e. The molecule has 0 radical (unpaired) electrons. The first-order valence-electron chi connectivity index (χ1n) is 7.23. The van der Waals surface area contributed by atoms with Crippen molar-refractivity contribution in [1.82, 2.24) is 4.98 Å². The number of para-hydroxylation sites is 1. The van der Waals surface area contributed by atoms with Crippen molar-refractivity contribution in [3.63, 3.8) is 0 Å². The minimum atomic E-state index is -0.714. The Kier molecular flexibility index (Phi) is 5.36. The molecule has 7 nitrogen and oxygen atoms in total. The van der Waals surface area contributed by atoms with Crippen molar-refractivity contribution in [3.8, 4) is 0 Å². The summed E-state index contributed by atoms with van der Waals surface area (Å²) in [6.07, 6.45) is 0. The van der Waals surface area contributed by atoms with Gasteiger partial charge >= 0.3 is 11.9 Å². The van der Waals surface area contributed by atoms with Gasteiger partial charge in [-0.15, -0.1) is 0 Å². The van der Waals surface area contributed by atoms with Gasteiger partial charge in [-0.1, -0.05) is 18.2 Å². The van der Waals surface area contributed by atoms with Crippen molar-refractivity contribution in [1.29, 1.82) is 0 Å². The molecule has 2 N–H and O–H groups in total. The largest absolute Gasteiger partial charge is 0.465 e. The standard InChI is InChI=1S/C17H18N2O5/c1-10-14(16(21)23-3)11(2)18-15(10)17(22)24-9-13(20)19-12-7-5-4-6-8-12/h4-8,18H,9H2,1-3H3,(H,19,20). The molecule has 0 atom stereocenters. The summed E-state index contributed by atoms with van der Waals surface area (Å²) >= 11 is 0. The average molecular weight is 330 g/mol. The van der Waals surface area contributed by atoms with Gasteiger partial charge in [-0.3, -0.25) is 4.79 Å². The lowest BCUT2D eigenvalue weighted by Gasteiger charge is -2.06. The number of hydrogen-bond donors (Lipinski definition) is 2. The fraction of sp³-hybridized carbons (Fsp3) is 0.235. The molecule has 1 amide bonds. The lowest BCUT2D eigenvalue weighted by molar-refractivity contribution is -0.119. The number of hydrogen-bond acceptors (Lipinski definition) is 5. The third-order valence-corrected chi connectivity index (χ3v) is 3.42. The van der Waals surface area contributed by atoms with E-state index in [4.69, 9.17) is 4.74 Å². The number of rotatable bonds is 5. The molecule has 2 aromatic rings. The first-order valence-corrected chi connectivity index (χ1v) is 7.23. The normalized spacial score (nSPS) is 10.1. The van der Waals surface area contributed by atoms with Crippen LogP contribution in [0.25, 0.3) is 0 Å². The number of amides is 1. The van der Waals surface area contributed by atoms with E-state index in [0.29, 0.717) is 16.9 Å². The van der Waals surface area contributed by atoms with Crippen LogP contribution in [0.3, 0.4) is 0 Å². The highest BCUT2D eigenvalue weighted by atomic mass is 16.5. The zero-order chi connectivity index (χ0) is 17.7. The fourth-order valence-electron chi connectivity index (χ4n) is 2.28. The van der Waals surface area contributed by atoms with Crippen LogP contribution < -0.4 is 5.32 Å². The highest BCUT2D eigenvalue weighted by Gasteiger charge is 2.23. The first kappa shape index (κ1) is 17.3. The van der Waals surface area contributed by atoms with Crippen LogP contribution in [0, 0.1) is 13.8 Å². The molecule has 126 valence electrons. The van der Waals surface area contributed by atoms with Crippen molar-refractivity contribution < 1.29 is 23.9 Å². The number of aromatic amines is 1. The Morgan fingerprint density at radius 1 is 1.08 bits per heavy atom. The third-order valence-electron chi connectivity index (χ3n) is 3.42. The second-order valence-corrected chi connectivity index (χ2v) is 5.11. The molecule has 0 bridgehead atoms. The summed E-state index contributed by atoms with van der Waals surface area (Å²) in [7, 11) is 1.26. The van der Waals surface area contributed by atoms with E-state index >= 15 is 0 Å². The zero-order valence-corrected chi connectivity index (χ0v) is 13.6. The van der Waals surface area contributed by atoms with Crippen molar-refractivity contribution in [2.24, 2.45) is 0 Å². The Bertz CT molecular complexity index is 765. The van der Waals surface area contributed by atoms with Crippen molar-refractivity contribution in [3.05, 3.63) is 52.8 Å². The molecule has 0 saturated heterocycles. The van der Waals surface area contributed by atoms with E-state index in [9.17, 15) is 14.4 Å². The Hall–Kier alpha value is -3.09. The van der Waals surface area contributed by atoms with Crippen LogP contribution in [-0.4, -0.2) is 36.5 Å². The molecule has 1 heterocycles.